The van der Waals surface area contributed by atoms with Gasteiger partial charge in [-0.25, -0.2) is 4.79 Å². The minimum atomic E-state index is -0.911. The van der Waals surface area contributed by atoms with Gasteiger partial charge >= 0.3 is 5.97 Å². The molecule has 0 aliphatic carbocycles. The van der Waals surface area contributed by atoms with Crippen LogP contribution in [0.2, 0.25) is 0 Å². The predicted octanol–water partition coefficient (Wildman–Crippen LogP) is -3.20. The third-order valence-corrected chi connectivity index (χ3v) is 1.13. The lowest BCUT2D eigenvalue weighted by Gasteiger charge is -2.23. The van der Waals surface area contributed by atoms with Crippen LogP contribution in [0.1, 0.15) is 0 Å². The number of nitrogens with zero attached hydrogens (tertiary/aromatic N) is 1. The fraction of sp³-hybridized carbons (Fsp3) is 0.857. The third kappa shape index (κ3) is 12.4. The van der Waals surface area contributed by atoms with Crippen LogP contribution in [0.5, 0.6) is 0 Å². The van der Waals surface area contributed by atoms with Crippen molar-refractivity contribution in [2.75, 3.05) is 40.9 Å². The molecular formula is C7H16ClNO3. The quantitative estimate of drug-likeness (QED) is 0.373. The molecule has 0 aliphatic rings. The normalized spacial score (nSPS) is 10.6. The molecule has 0 atom stereocenters. The van der Waals surface area contributed by atoms with Gasteiger partial charge in [-0.3, -0.25) is 0 Å². The molecule has 0 rings (SSSR count). The zero-order chi connectivity index (χ0) is 8.91. The topological polar surface area (TPSA) is 46.5 Å². The SMILES string of the molecule is C[N+](C)(C)CCOCC(=O)O.[Cl-]. The Morgan fingerprint density at radius 1 is 1.42 bits per heavy atom. The third-order valence-electron chi connectivity index (χ3n) is 1.13. The maximum Gasteiger partial charge on any atom is 0.329 e. The van der Waals surface area contributed by atoms with E-state index in [0.717, 1.165) is 11.0 Å². The zero-order valence-corrected chi connectivity index (χ0v) is 8.47. The highest BCUT2D eigenvalue weighted by atomic mass is 35.5. The lowest BCUT2D eigenvalue weighted by atomic mass is 10.5. The van der Waals surface area contributed by atoms with Crippen LogP contribution in [0.25, 0.3) is 0 Å². The van der Waals surface area contributed by atoms with Gasteiger partial charge < -0.3 is 26.7 Å². The number of rotatable bonds is 5. The molecule has 0 bridgehead atoms. The zero-order valence-electron chi connectivity index (χ0n) is 7.71. The summed E-state index contributed by atoms with van der Waals surface area (Å²) in [5.41, 5.74) is 0. The van der Waals surface area contributed by atoms with E-state index >= 15 is 0 Å². The molecule has 0 aliphatic heterocycles. The van der Waals surface area contributed by atoms with Crippen molar-refractivity contribution >= 4 is 5.97 Å². The summed E-state index contributed by atoms with van der Waals surface area (Å²) >= 11 is 0. The predicted molar refractivity (Wildman–Crippen MR) is 41.4 cm³/mol. The van der Waals surface area contributed by atoms with Crippen LogP contribution in [0.15, 0.2) is 0 Å². The molecule has 12 heavy (non-hydrogen) atoms. The average Bonchev–Trinajstić information content (AvgIpc) is 1.78. The molecule has 74 valence electrons. The van der Waals surface area contributed by atoms with Crippen molar-refractivity contribution in [1.82, 2.24) is 0 Å². The van der Waals surface area contributed by atoms with E-state index in [1.807, 2.05) is 21.1 Å². The number of carboxylic acids is 1. The fourth-order valence-corrected chi connectivity index (χ4v) is 0.498. The molecule has 0 aromatic heterocycles. The highest BCUT2D eigenvalue weighted by Crippen LogP contribution is 1.88. The molecular weight excluding hydrogens is 182 g/mol. The summed E-state index contributed by atoms with van der Waals surface area (Å²) in [5, 5.41) is 8.21. The summed E-state index contributed by atoms with van der Waals surface area (Å²) in [4.78, 5) is 9.99. The Morgan fingerprint density at radius 3 is 2.25 bits per heavy atom. The van der Waals surface area contributed by atoms with Crippen molar-refractivity contribution in [3.05, 3.63) is 0 Å². The highest BCUT2D eigenvalue weighted by Gasteiger charge is 2.06. The number of ether oxygens (including phenoxy) is 1. The van der Waals surface area contributed by atoms with E-state index in [1.54, 1.807) is 0 Å². The van der Waals surface area contributed by atoms with Crippen molar-refractivity contribution in [1.29, 1.82) is 0 Å². The Hall–Kier alpha value is -0.320. The van der Waals surface area contributed by atoms with Gasteiger partial charge in [0.25, 0.3) is 0 Å². The summed E-state index contributed by atoms with van der Waals surface area (Å²) in [6, 6.07) is 0. The maximum absolute atomic E-state index is 9.99. The van der Waals surface area contributed by atoms with Gasteiger partial charge in [0.15, 0.2) is 0 Å². The van der Waals surface area contributed by atoms with Crippen LogP contribution in [0.4, 0.5) is 0 Å². The Labute approximate surface area is 79.1 Å². The number of quaternary nitrogens is 1. The number of hydrogen-bond acceptors (Lipinski definition) is 2. The fourth-order valence-electron chi connectivity index (χ4n) is 0.498. The number of likely N-dealkylation sites (N-methyl/N-ethyl adjacent to an activating group) is 1. The first kappa shape index (κ1) is 14.2. The van der Waals surface area contributed by atoms with Gasteiger partial charge in [-0.2, -0.15) is 0 Å². The maximum atomic E-state index is 9.99. The van der Waals surface area contributed by atoms with Gasteiger partial charge in [0.2, 0.25) is 0 Å². The monoisotopic (exact) mass is 197 g/mol. The van der Waals surface area contributed by atoms with Crippen LogP contribution in [0.3, 0.4) is 0 Å². The summed E-state index contributed by atoms with van der Waals surface area (Å²) < 4.78 is 5.65. The van der Waals surface area contributed by atoms with Crippen molar-refractivity contribution in [3.63, 3.8) is 0 Å². The molecule has 0 unspecified atom stereocenters. The number of carboxylic acid groups (broad SMARTS) is 1. The Morgan fingerprint density at radius 2 is 1.92 bits per heavy atom. The summed E-state index contributed by atoms with van der Waals surface area (Å²) in [6.07, 6.45) is 0. The second-order valence-electron chi connectivity index (χ2n) is 3.46. The van der Waals surface area contributed by atoms with Gasteiger partial charge in [-0.15, -0.1) is 0 Å². The minimum Gasteiger partial charge on any atom is -1.00 e. The van der Waals surface area contributed by atoms with E-state index in [2.05, 4.69) is 0 Å². The van der Waals surface area contributed by atoms with Crippen LogP contribution < -0.4 is 12.4 Å². The lowest BCUT2D eigenvalue weighted by Crippen LogP contribution is -3.00. The molecule has 5 heteroatoms. The van der Waals surface area contributed by atoms with Crippen LogP contribution in [-0.2, 0) is 9.53 Å². The largest absolute Gasteiger partial charge is 1.00 e. The molecule has 4 nitrogen and oxygen atoms in total. The minimum absolute atomic E-state index is 0. The van der Waals surface area contributed by atoms with E-state index < -0.39 is 5.97 Å². The van der Waals surface area contributed by atoms with Gasteiger partial charge in [-0.05, 0) is 0 Å². The lowest BCUT2D eigenvalue weighted by molar-refractivity contribution is -0.870. The number of hydrogen-bond donors (Lipinski definition) is 1. The molecule has 0 aromatic rings. The van der Waals surface area contributed by atoms with E-state index in [0.29, 0.717) is 6.61 Å². The van der Waals surface area contributed by atoms with Gasteiger partial charge in [-0.1, -0.05) is 0 Å². The summed E-state index contributed by atoms with van der Waals surface area (Å²) in [6.45, 7) is 1.13. The molecule has 0 saturated heterocycles. The molecule has 0 aromatic carbocycles. The van der Waals surface area contributed by atoms with Gasteiger partial charge in [0.1, 0.15) is 13.2 Å². The molecule has 0 spiro atoms. The second-order valence-corrected chi connectivity index (χ2v) is 3.46. The first-order valence-corrected chi connectivity index (χ1v) is 3.52. The summed E-state index contributed by atoms with van der Waals surface area (Å²) in [5.74, 6) is -0.911. The van der Waals surface area contributed by atoms with Crippen LogP contribution >= 0.6 is 0 Å². The Kier molecular flexibility index (Phi) is 7.37. The average molecular weight is 198 g/mol. The van der Waals surface area contributed by atoms with E-state index in [-0.39, 0.29) is 19.0 Å². The number of aliphatic carboxylic acids is 1. The van der Waals surface area contributed by atoms with E-state index in [4.69, 9.17) is 9.84 Å². The van der Waals surface area contributed by atoms with E-state index in [9.17, 15) is 4.79 Å². The first-order chi connectivity index (χ1) is 4.92. The number of carbonyl (C=O) groups is 1. The molecule has 0 amide bonds. The van der Waals surface area contributed by atoms with Crippen molar-refractivity contribution in [2.24, 2.45) is 0 Å². The van der Waals surface area contributed by atoms with Crippen molar-refractivity contribution in [2.45, 2.75) is 0 Å². The first-order valence-electron chi connectivity index (χ1n) is 3.52. The van der Waals surface area contributed by atoms with Gasteiger partial charge in [0.05, 0.1) is 27.7 Å². The molecule has 0 heterocycles. The molecule has 1 N–H and O–H groups in total. The molecule has 0 saturated carbocycles. The highest BCUT2D eigenvalue weighted by molar-refractivity contribution is 5.67. The van der Waals surface area contributed by atoms with Crippen molar-refractivity contribution < 1.29 is 31.5 Å². The summed E-state index contributed by atoms with van der Waals surface area (Å²) in [7, 11) is 6.10. The van der Waals surface area contributed by atoms with Gasteiger partial charge in [0, 0.05) is 0 Å². The number of halogens is 1. The smallest absolute Gasteiger partial charge is 0.329 e. The van der Waals surface area contributed by atoms with Crippen molar-refractivity contribution in [3.8, 4) is 0 Å². The Bertz CT molecular complexity index is 133. The molecule has 0 fully saturated rings. The standard InChI is InChI=1S/C7H15NO3.ClH/c1-8(2,3)4-5-11-6-7(9)10;/h4-6H2,1-3H3;1H. The second kappa shape index (κ2) is 6.22. The van der Waals surface area contributed by atoms with Crippen LogP contribution in [-0.4, -0.2) is 56.5 Å². The van der Waals surface area contributed by atoms with E-state index in [1.165, 1.54) is 0 Å². The molecule has 0 radical (unpaired) electrons. The van der Waals surface area contributed by atoms with Crippen LogP contribution in [0, 0.1) is 0 Å². The Balaban J connectivity index is 0.